The third-order valence-electron chi connectivity index (χ3n) is 5.29. The Bertz CT molecular complexity index is 823. The van der Waals surface area contributed by atoms with Gasteiger partial charge in [0.25, 0.3) is 0 Å². The second-order valence-corrected chi connectivity index (χ2v) is 7.91. The minimum Gasteiger partial charge on any atom is -0.319 e. The molecule has 2 aliphatic heterocycles. The van der Waals surface area contributed by atoms with Crippen molar-refractivity contribution in [1.29, 1.82) is 0 Å². The number of rotatable bonds is 3. The monoisotopic (exact) mass is 370 g/mol. The van der Waals surface area contributed by atoms with Gasteiger partial charge in [-0.3, -0.25) is 24.4 Å². The van der Waals surface area contributed by atoms with E-state index in [4.69, 9.17) is 0 Å². The minimum atomic E-state index is -0.267. The van der Waals surface area contributed by atoms with Crippen LogP contribution in [0.5, 0.6) is 0 Å². The Hall–Kier alpha value is -2.25. The van der Waals surface area contributed by atoms with Crippen molar-refractivity contribution in [3.05, 3.63) is 46.4 Å². The highest BCUT2D eigenvalue weighted by Gasteiger charge is 2.50. The van der Waals surface area contributed by atoms with Crippen molar-refractivity contribution in [3.63, 3.8) is 0 Å². The van der Waals surface area contributed by atoms with Crippen molar-refractivity contribution in [3.8, 4) is 0 Å². The maximum atomic E-state index is 12.9. The zero-order valence-electron chi connectivity index (χ0n) is 15.0. The van der Waals surface area contributed by atoms with E-state index in [2.05, 4.69) is 27.4 Å². The van der Waals surface area contributed by atoms with Gasteiger partial charge in [-0.25, -0.2) is 0 Å². The molecule has 6 nitrogen and oxygen atoms in total. The normalized spacial score (nSPS) is 23.4. The van der Waals surface area contributed by atoms with E-state index in [0.29, 0.717) is 13.0 Å². The largest absolute Gasteiger partial charge is 0.319 e. The van der Waals surface area contributed by atoms with Crippen molar-refractivity contribution in [2.45, 2.75) is 39.0 Å². The Morgan fingerprint density at radius 2 is 2.19 bits per heavy atom. The molecule has 26 heavy (non-hydrogen) atoms. The lowest BCUT2D eigenvalue weighted by molar-refractivity contribution is -0.135. The standard InChI is InChI=1S/C19H22N4O2S/c1-13-5-6-20-11-17(13)23-18(25)10-16-19(23)22(14(2)24)8-7-21(16)12-15-4-3-9-26-15/h3-6,9,11,16,19H,7-8,10,12H2,1-2H3. The van der Waals surface area contributed by atoms with Gasteiger partial charge in [-0.2, -0.15) is 0 Å². The number of amides is 2. The third-order valence-corrected chi connectivity index (χ3v) is 6.15. The van der Waals surface area contributed by atoms with Crippen LogP contribution in [0, 0.1) is 6.92 Å². The first-order chi connectivity index (χ1) is 12.6. The fraction of sp³-hybridized carbons (Fsp3) is 0.421. The van der Waals surface area contributed by atoms with E-state index >= 15 is 0 Å². The molecule has 2 aromatic rings. The maximum Gasteiger partial charge on any atom is 0.230 e. The van der Waals surface area contributed by atoms with Gasteiger partial charge in [-0.15, -0.1) is 11.3 Å². The molecule has 0 aromatic carbocycles. The fourth-order valence-electron chi connectivity index (χ4n) is 4.03. The van der Waals surface area contributed by atoms with Crippen LogP contribution in [0.4, 0.5) is 5.69 Å². The molecule has 2 amide bonds. The van der Waals surface area contributed by atoms with Gasteiger partial charge in [-0.05, 0) is 30.0 Å². The van der Waals surface area contributed by atoms with Crippen LogP contribution in [0.2, 0.25) is 0 Å². The van der Waals surface area contributed by atoms with Crippen LogP contribution in [0.25, 0.3) is 0 Å². The molecule has 0 saturated carbocycles. The first-order valence-corrected chi connectivity index (χ1v) is 9.70. The number of nitrogens with zero attached hydrogens (tertiary/aromatic N) is 4. The fourth-order valence-corrected chi connectivity index (χ4v) is 4.76. The molecule has 2 aliphatic rings. The molecular formula is C19H22N4O2S. The van der Waals surface area contributed by atoms with Crippen LogP contribution in [-0.2, 0) is 16.1 Å². The van der Waals surface area contributed by atoms with Gasteiger partial charge < -0.3 is 4.90 Å². The Labute approximate surface area is 157 Å². The Kier molecular flexibility index (Phi) is 4.50. The quantitative estimate of drug-likeness (QED) is 0.832. The second kappa shape index (κ2) is 6.81. The predicted octanol–water partition coefficient (Wildman–Crippen LogP) is 2.25. The summed E-state index contributed by atoms with van der Waals surface area (Å²) in [5, 5.41) is 2.07. The molecular weight excluding hydrogens is 348 g/mol. The highest BCUT2D eigenvalue weighted by atomic mass is 32.1. The van der Waals surface area contributed by atoms with Gasteiger partial charge in [0.05, 0.1) is 17.9 Å². The van der Waals surface area contributed by atoms with E-state index in [9.17, 15) is 9.59 Å². The Morgan fingerprint density at radius 1 is 1.35 bits per heavy atom. The van der Waals surface area contributed by atoms with Crippen LogP contribution in [0.1, 0.15) is 23.8 Å². The van der Waals surface area contributed by atoms with Gasteiger partial charge in [0.1, 0.15) is 6.17 Å². The summed E-state index contributed by atoms with van der Waals surface area (Å²) in [4.78, 5) is 36.7. The zero-order valence-corrected chi connectivity index (χ0v) is 15.8. The minimum absolute atomic E-state index is 0.00172. The number of hydrogen-bond acceptors (Lipinski definition) is 5. The molecule has 2 fully saturated rings. The lowest BCUT2D eigenvalue weighted by atomic mass is 10.1. The molecule has 0 N–H and O–H groups in total. The average molecular weight is 370 g/mol. The number of thiophene rings is 1. The average Bonchev–Trinajstić information content (AvgIpc) is 3.23. The van der Waals surface area contributed by atoms with E-state index in [1.54, 1.807) is 35.6 Å². The zero-order chi connectivity index (χ0) is 18.3. The Balaban J connectivity index is 1.70. The number of fused-ring (bicyclic) bond motifs is 1. The van der Waals surface area contributed by atoms with Gasteiger partial charge in [0.15, 0.2) is 0 Å². The summed E-state index contributed by atoms with van der Waals surface area (Å²) in [6.07, 6.45) is 3.61. The van der Waals surface area contributed by atoms with Crippen LogP contribution < -0.4 is 4.90 Å². The topological polar surface area (TPSA) is 56.8 Å². The van der Waals surface area contributed by atoms with E-state index in [1.807, 2.05) is 17.9 Å². The number of aryl methyl sites for hydroxylation is 1. The summed E-state index contributed by atoms with van der Waals surface area (Å²) < 4.78 is 0. The van der Waals surface area contributed by atoms with Gasteiger partial charge in [0.2, 0.25) is 11.8 Å². The number of piperazine rings is 1. The van der Waals surface area contributed by atoms with Crippen molar-refractivity contribution < 1.29 is 9.59 Å². The SMILES string of the molecule is CC(=O)N1CCN(Cc2cccs2)C2CC(=O)N(c3cnccc3C)C21. The number of carbonyl (C=O) groups is 2. The van der Waals surface area contributed by atoms with Gasteiger partial charge in [-0.1, -0.05) is 6.07 Å². The molecule has 0 aliphatic carbocycles. The number of pyridine rings is 1. The van der Waals surface area contributed by atoms with Crippen molar-refractivity contribution in [2.75, 3.05) is 18.0 Å². The summed E-state index contributed by atoms with van der Waals surface area (Å²) in [6.45, 7) is 5.79. The number of aromatic nitrogens is 1. The summed E-state index contributed by atoms with van der Waals surface area (Å²) in [7, 11) is 0. The number of anilines is 1. The number of carbonyl (C=O) groups excluding carboxylic acids is 2. The van der Waals surface area contributed by atoms with Crippen LogP contribution in [0.15, 0.2) is 36.0 Å². The lowest BCUT2D eigenvalue weighted by Gasteiger charge is -2.46. The van der Waals surface area contributed by atoms with E-state index < -0.39 is 0 Å². The molecule has 4 heterocycles. The molecule has 0 bridgehead atoms. The first kappa shape index (κ1) is 17.2. The molecule has 7 heteroatoms. The summed E-state index contributed by atoms with van der Waals surface area (Å²) >= 11 is 1.73. The van der Waals surface area contributed by atoms with E-state index in [0.717, 1.165) is 24.3 Å². The van der Waals surface area contributed by atoms with Crippen LogP contribution >= 0.6 is 11.3 Å². The predicted molar refractivity (Wildman–Crippen MR) is 101 cm³/mol. The van der Waals surface area contributed by atoms with Crippen molar-refractivity contribution in [1.82, 2.24) is 14.8 Å². The highest BCUT2D eigenvalue weighted by molar-refractivity contribution is 7.09. The summed E-state index contributed by atoms with van der Waals surface area (Å²) in [5.41, 5.74) is 1.79. The van der Waals surface area contributed by atoms with Crippen LogP contribution in [-0.4, -0.2) is 51.9 Å². The summed E-state index contributed by atoms with van der Waals surface area (Å²) in [5.74, 6) is 0.0671. The molecule has 2 aromatic heterocycles. The van der Waals surface area contributed by atoms with Gasteiger partial charge in [0, 0.05) is 44.1 Å². The van der Waals surface area contributed by atoms with E-state index in [1.165, 1.54) is 4.88 Å². The second-order valence-electron chi connectivity index (χ2n) is 6.87. The highest BCUT2D eigenvalue weighted by Crippen LogP contribution is 2.36. The van der Waals surface area contributed by atoms with Crippen LogP contribution in [0.3, 0.4) is 0 Å². The molecule has 4 rings (SSSR count). The molecule has 0 radical (unpaired) electrons. The van der Waals surface area contributed by atoms with E-state index in [-0.39, 0.29) is 24.0 Å². The maximum absolute atomic E-state index is 12.9. The van der Waals surface area contributed by atoms with Gasteiger partial charge >= 0.3 is 0 Å². The molecule has 0 spiro atoms. The van der Waals surface area contributed by atoms with Crippen molar-refractivity contribution in [2.24, 2.45) is 0 Å². The molecule has 136 valence electrons. The molecule has 2 unspecified atom stereocenters. The first-order valence-electron chi connectivity index (χ1n) is 8.82. The lowest BCUT2D eigenvalue weighted by Crippen LogP contribution is -2.62. The molecule has 2 saturated heterocycles. The third kappa shape index (κ3) is 2.91. The molecule has 2 atom stereocenters. The Morgan fingerprint density at radius 3 is 2.88 bits per heavy atom. The number of hydrogen-bond donors (Lipinski definition) is 0. The van der Waals surface area contributed by atoms with Crippen molar-refractivity contribution >= 4 is 28.8 Å². The summed E-state index contributed by atoms with van der Waals surface area (Å²) in [6, 6.07) is 6.08. The smallest absolute Gasteiger partial charge is 0.230 e.